The molecule has 7 heteroatoms. The Morgan fingerprint density at radius 3 is 2.87 bits per heavy atom. The normalized spacial score (nSPS) is 14.3. The smallest absolute Gasteiger partial charge is 0.264 e. The van der Waals surface area contributed by atoms with Crippen LogP contribution in [0, 0.1) is 0 Å². The van der Waals surface area contributed by atoms with Gasteiger partial charge in [-0.1, -0.05) is 6.92 Å². The van der Waals surface area contributed by atoms with Gasteiger partial charge in [-0.25, -0.2) is 14.2 Å². The second kappa shape index (κ2) is 4.80. The largest absolute Gasteiger partial charge is 0.304 e. The van der Waals surface area contributed by atoms with Gasteiger partial charge in [0.15, 0.2) is 0 Å². The minimum Gasteiger partial charge on any atom is -0.264 e. The fourth-order valence-corrected chi connectivity index (χ4v) is 1.71. The van der Waals surface area contributed by atoms with E-state index in [1.54, 1.807) is 6.92 Å². The molecule has 0 N–H and O–H groups in total. The quantitative estimate of drug-likeness (QED) is 0.828. The van der Waals surface area contributed by atoms with Crippen LogP contribution in [-0.4, -0.2) is 32.1 Å². The van der Waals surface area contributed by atoms with Crippen molar-refractivity contribution in [3.63, 3.8) is 0 Å². The molecule has 0 spiro atoms. The minimum absolute atomic E-state index is 0.132. The number of rotatable bonds is 2. The van der Waals surface area contributed by atoms with Crippen molar-refractivity contribution in [3.05, 3.63) is 22.7 Å². The lowest BCUT2D eigenvalue weighted by molar-refractivity contribution is 0.0999. The van der Waals surface area contributed by atoms with Crippen LogP contribution in [0.3, 0.4) is 0 Å². The minimum atomic E-state index is -2.44. The van der Waals surface area contributed by atoms with Crippen molar-refractivity contribution in [2.75, 3.05) is 12.0 Å². The van der Waals surface area contributed by atoms with Crippen molar-refractivity contribution in [1.29, 1.82) is 0 Å². The average Bonchev–Trinajstić information content (AvgIpc) is 2.17. The zero-order valence-electron chi connectivity index (χ0n) is 8.31. The molecule has 0 saturated heterocycles. The highest BCUT2D eigenvalue weighted by molar-refractivity contribution is 9.10. The highest BCUT2D eigenvalue weighted by atomic mass is 79.9. The number of nitrogens with zero attached hydrogens (tertiary/aromatic N) is 3. The lowest BCUT2D eigenvalue weighted by atomic mass is 10.4. The standard InChI is InChI=1S/C8H10BrN3O2S/c1-3-15(2,14)12-8(13)7-6(9)4-10-5-11-7/h4-5H,3H2,1-2H3. The van der Waals surface area contributed by atoms with E-state index in [9.17, 15) is 9.00 Å². The number of halogens is 1. The average molecular weight is 292 g/mol. The van der Waals surface area contributed by atoms with E-state index in [0.717, 1.165) is 0 Å². The van der Waals surface area contributed by atoms with E-state index in [1.807, 2.05) is 0 Å². The summed E-state index contributed by atoms with van der Waals surface area (Å²) in [6.07, 6.45) is 4.14. The Labute approximate surface area is 96.6 Å². The van der Waals surface area contributed by atoms with E-state index in [2.05, 4.69) is 30.3 Å². The van der Waals surface area contributed by atoms with Crippen LogP contribution >= 0.6 is 15.9 Å². The van der Waals surface area contributed by atoms with Crippen LogP contribution in [0.1, 0.15) is 17.4 Å². The van der Waals surface area contributed by atoms with Crippen LogP contribution in [0.4, 0.5) is 0 Å². The van der Waals surface area contributed by atoms with Crippen molar-refractivity contribution in [1.82, 2.24) is 9.97 Å². The molecule has 0 aliphatic heterocycles. The van der Waals surface area contributed by atoms with E-state index >= 15 is 0 Å². The fraction of sp³-hybridized carbons (Fsp3) is 0.375. The molecule has 5 nitrogen and oxygen atoms in total. The molecular formula is C8H10BrN3O2S. The van der Waals surface area contributed by atoms with Crippen LogP contribution in [0.5, 0.6) is 0 Å². The zero-order valence-corrected chi connectivity index (χ0v) is 10.7. The van der Waals surface area contributed by atoms with Gasteiger partial charge < -0.3 is 0 Å². The molecule has 1 aromatic rings. The maximum atomic E-state index is 11.6. The van der Waals surface area contributed by atoms with Crippen molar-refractivity contribution in [3.8, 4) is 0 Å². The van der Waals surface area contributed by atoms with Crippen molar-refractivity contribution in [2.45, 2.75) is 6.92 Å². The molecule has 1 atom stereocenters. The SMILES string of the molecule is CCS(C)(=O)=NC(=O)c1ncncc1Br. The first-order valence-corrected chi connectivity index (χ1v) is 7.04. The van der Waals surface area contributed by atoms with E-state index in [4.69, 9.17) is 0 Å². The van der Waals surface area contributed by atoms with Gasteiger partial charge >= 0.3 is 5.91 Å². The molecule has 0 aromatic carbocycles. The first kappa shape index (κ1) is 12.3. The summed E-state index contributed by atoms with van der Waals surface area (Å²) in [5.41, 5.74) is 0.132. The van der Waals surface area contributed by atoms with E-state index in [0.29, 0.717) is 10.2 Å². The summed E-state index contributed by atoms with van der Waals surface area (Å²) >= 11 is 3.13. The maximum absolute atomic E-state index is 11.6. The Morgan fingerprint density at radius 1 is 1.67 bits per heavy atom. The summed E-state index contributed by atoms with van der Waals surface area (Å²) < 4.78 is 15.7. The lowest BCUT2D eigenvalue weighted by Crippen LogP contribution is -2.07. The third-order valence-electron chi connectivity index (χ3n) is 1.68. The van der Waals surface area contributed by atoms with Gasteiger partial charge in [0.2, 0.25) is 0 Å². The van der Waals surface area contributed by atoms with Crippen LogP contribution < -0.4 is 0 Å². The molecule has 15 heavy (non-hydrogen) atoms. The highest BCUT2D eigenvalue weighted by Crippen LogP contribution is 2.13. The van der Waals surface area contributed by atoms with Gasteiger partial charge in [-0.15, -0.1) is 0 Å². The van der Waals surface area contributed by atoms with Crippen LogP contribution in [0.15, 0.2) is 21.4 Å². The molecular weight excluding hydrogens is 282 g/mol. The molecule has 0 aliphatic rings. The Kier molecular flexibility index (Phi) is 3.92. The summed E-state index contributed by atoms with van der Waals surface area (Å²) in [5, 5.41) is 0. The first-order valence-electron chi connectivity index (χ1n) is 4.16. The van der Waals surface area contributed by atoms with Crippen molar-refractivity contribution < 1.29 is 9.00 Å². The predicted octanol–water partition coefficient (Wildman–Crippen LogP) is 1.50. The third-order valence-corrected chi connectivity index (χ3v) is 3.89. The number of hydrogen-bond donors (Lipinski definition) is 0. The summed E-state index contributed by atoms with van der Waals surface area (Å²) in [5.74, 6) is -0.250. The summed E-state index contributed by atoms with van der Waals surface area (Å²) in [6.45, 7) is 1.72. The molecule has 1 rings (SSSR count). The number of carbonyl (C=O) groups is 1. The van der Waals surface area contributed by atoms with Crippen molar-refractivity contribution >= 4 is 31.6 Å². The molecule has 0 aliphatic carbocycles. The van der Waals surface area contributed by atoms with Crippen molar-refractivity contribution in [2.24, 2.45) is 4.36 Å². The summed E-state index contributed by atoms with van der Waals surface area (Å²) in [7, 11) is -2.44. The molecule has 1 unspecified atom stereocenters. The van der Waals surface area contributed by atoms with Gasteiger partial charge in [0.05, 0.1) is 14.2 Å². The number of hydrogen-bond acceptors (Lipinski definition) is 4. The van der Waals surface area contributed by atoms with Crippen LogP contribution in [0.25, 0.3) is 0 Å². The molecule has 1 amide bonds. The van der Waals surface area contributed by atoms with Gasteiger partial charge in [-0.05, 0) is 15.9 Å². The molecule has 1 heterocycles. The third kappa shape index (κ3) is 3.35. The number of amides is 1. The highest BCUT2D eigenvalue weighted by Gasteiger charge is 2.12. The number of carbonyl (C=O) groups excluding carboxylic acids is 1. The molecule has 1 aromatic heterocycles. The Hall–Kier alpha value is -0.820. The first-order chi connectivity index (χ1) is 6.96. The second-order valence-electron chi connectivity index (χ2n) is 2.86. The molecule has 0 radical (unpaired) electrons. The van der Waals surface area contributed by atoms with Crippen LogP contribution in [-0.2, 0) is 9.73 Å². The van der Waals surface area contributed by atoms with Gasteiger partial charge in [0, 0.05) is 18.2 Å². The lowest BCUT2D eigenvalue weighted by Gasteiger charge is -1.99. The van der Waals surface area contributed by atoms with E-state index < -0.39 is 15.6 Å². The second-order valence-corrected chi connectivity index (χ2v) is 6.40. The Balaban J connectivity index is 3.13. The van der Waals surface area contributed by atoms with Gasteiger partial charge in [-0.2, -0.15) is 4.36 Å². The zero-order chi connectivity index (χ0) is 11.5. The summed E-state index contributed by atoms with van der Waals surface area (Å²) in [4.78, 5) is 19.1. The molecule has 0 bridgehead atoms. The van der Waals surface area contributed by atoms with Crippen LogP contribution in [0.2, 0.25) is 0 Å². The Morgan fingerprint density at radius 2 is 2.33 bits per heavy atom. The van der Waals surface area contributed by atoms with Gasteiger partial charge in [0.25, 0.3) is 0 Å². The van der Waals surface area contributed by atoms with Gasteiger partial charge in [0.1, 0.15) is 12.0 Å². The maximum Gasteiger partial charge on any atom is 0.304 e. The Bertz CT molecular complexity index is 494. The van der Waals surface area contributed by atoms with Gasteiger partial charge in [-0.3, -0.25) is 4.79 Å². The number of aromatic nitrogens is 2. The topological polar surface area (TPSA) is 72.3 Å². The summed E-state index contributed by atoms with van der Waals surface area (Å²) in [6, 6.07) is 0. The predicted molar refractivity (Wildman–Crippen MR) is 61.1 cm³/mol. The molecule has 0 fully saturated rings. The molecule has 0 saturated carbocycles. The van der Waals surface area contributed by atoms with E-state index in [1.165, 1.54) is 18.8 Å². The monoisotopic (exact) mass is 291 g/mol. The fourth-order valence-electron chi connectivity index (χ4n) is 0.753. The molecule has 82 valence electrons. The van der Waals surface area contributed by atoms with E-state index in [-0.39, 0.29) is 5.69 Å².